The molecule has 0 radical (unpaired) electrons. The summed E-state index contributed by atoms with van der Waals surface area (Å²) in [7, 11) is -2.53. The lowest BCUT2D eigenvalue weighted by Gasteiger charge is -2.10. The zero-order valence-corrected chi connectivity index (χ0v) is 14.8. The Kier molecular flexibility index (Phi) is 5.40. The summed E-state index contributed by atoms with van der Waals surface area (Å²) in [6, 6.07) is 6.19. The number of nitro groups is 2. The molecule has 0 aromatic heterocycles. The van der Waals surface area contributed by atoms with Crippen molar-refractivity contribution in [3.8, 4) is 5.75 Å². The van der Waals surface area contributed by atoms with E-state index in [9.17, 15) is 33.4 Å². The summed E-state index contributed by atoms with van der Waals surface area (Å²) in [5.41, 5.74) is -1.27. The van der Waals surface area contributed by atoms with Crippen LogP contribution in [0.3, 0.4) is 0 Å². The molecule has 142 valence electrons. The predicted molar refractivity (Wildman–Crippen MR) is 93.8 cm³/mol. The van der Waals surface area contributed by atoms with Crippen LogP contribution in [0.1, 0.15) is 10.4 Å². The maximum atomic E-state index is 12.5. The van der Waals surface area contributed by atoms with E-state index >= 15 is 0 Å². The fourth-order valence-electron chi connectivity index (χ4n) is 2.14. The number of nitro benzene ring substituents is 2. The number of nitrogens with one attached hydrogen (secondary N) is 1. The summed E-state index contributed by atoms with van der Waals surface area (Å²) in [5, 5.41) is 24.2. The molecule has 0 atom stereocenters. The van der Waals surface area contributed by atoms with Crippen LogP contribution in [0.2, 0.25) is 0 Å². The van der Waals surface area contributed by atoms with E-state index in [2.05, 4.69) is 5.32 Å². The van der Waals surface area contributed by atoms with Crippen LogP contribution in [0.15, 0.2) is 41.3 Å². The molecule has 2 rings (SSSR count). The van der Waals surface area contributed by atoms with Crippen LogP contribution in [0, 0.1) is 20.2 Å². The number of methoxy groups -OCH3 is 1. The number of anilines is 1. The van der Waals surface area contributed by atoms with Crippen LogP contribution < -0.4 is 10.1 Å². The minimum absolute atomic E-state index is 0.0517. The van der Waals surface area contributed by atoms with Crippen LogP contribution in [0.4, 0.5) is 17.1 Å². The van der Waals surface area contributed by atoms with Crippen LogP contribution >= 0.6 is 0 Å². The third-order valence-electron chi connectivity index (χ3n) is 3.43. The monoisotopic (exact) mass is 395 g/mol. The molecule has 0 spiro atoms. The Morgan fingerprint density at radius 1 is 1.04 bits per heavy atom. The van der Waals surface area contributed by atoms with Gasteiger partial charge in [-0.25, -0.2) is 8.42 Å². The van der Waals surface area contributed by atoms with Gasteiger partial charge >= 0.3 is 0 Å². The van der Waals surface area contributed by atoms with E-state index < -0.39 is 36.2 Å². The molecule has 0 aliphatic heterocycles. The molecule has 0 saturated carbocycles. The fraction of sp³-hybridized carbons (Fsp3) is 0.133. The normalized spacial score (nSPS) is 10.9. The van der Waals surface area contributed by atoms with Crippen LogP contribution in [-0.2, 0) is 9.84 Å². The number of carbonyl (C=O) groups excluding carboxylic acids is 1. The van der Waals surface area contributed by atoms with E-state index in [4.69, 9.17) is 4.74 Å². The van der Waals surface area contributed by atoms with Gasteiger partial charge in [-0.05, 0) is 12.1 Å². The number of non-ortho nitro benzene ring substituents is 2. The second kappa shape index (κ2) is 7.37. The minimum atomic E-state index is -3.82. The number of benzene rings is 2. The third-order valence-corrected chi connectivity index (χ3v) is 4.53. The fourth-order valence-corrected chi connectivity index (χ4v) is 2.81. The maximum absolute atomic E-state index is 12.5. The van der Waals surface area contributed by atoms with Gasteiger partial charge in [0.2, 0.25) is 0 Å². The van der Waals surface area contributed by atoms with Gasteiger partial charge in [-0.2, -0.15) is 0 Å². The maximum Gasteiger partial charge on any atom is 0.271 e. The van der Waals surface area contributed by atoms with Gasteiger partial charge in [-0.1, -0.05) is 0 Å². The van der Waals surface area contributed by atoms with E-state index in [0.29, 0.717) is 0 Å². The van der Waals surface area contributed by atoms with Crippen LogP contribution in [-0.4, -0.2) is 37.5 Å². The topological polar surface area (TPSA) is 159 Å². The Balaban J connectivity index is 2.50. The Morgan fingerprint density at radius 3 is 2.19 bits per heavy atom. The van der Waals surface area contributed by atoms with Gasteiger partial charge in [0.1, 0.15) is 5.75 Å². The van der Waals surface area contributed by atoms with Crippen LogP contribution in [0.25, 0.3) is 0 Å². The SMILES string of the molecule is COc1ccc([N+](=O)[O-])cc1NC(=O)c1cc([N+](=O)[O-])cc(S(C)(=O)=O)c1. The molecule has 1 N–H and O–H groups in total. The second-order valence-electron chi connectivity index (χ2n) is 5.34. The summed E-state index contributed by atoms with van der Waals surface area (Å²) in [6.07, 6.45) is 0.845. The van der Waals surface area contributed by atoms with Crippen molar-refractivity contribution in [1.82, 2.24) is 0 Å². The Morgan fingerprint density at radius 2 is 1.67 bits per heavy atom. The molecule has 2 aromatic carbocycles. The molecule has 2 aromatic rings. The number of nitrogens with zero attached hydrogens (tertiary/aromatic N) is 2. The number of hydrogen-bond acceptors (Lipinski definition) is 8. The van der Waals surface area contributed by atoms with Gasteiger partial charge in [0.15, 0.2) is 9.84 Å². The van der Waals surface area contributed by atoms with Gasteiger partial charge in [0.25, 0.3) is 17.3 Å². The van der Waals surface area contributed by atoms with E-state index in [1.807, 2.05) is 0 Å². The molecule has 0 aliphatic rings. The molecule has 0 aliphatic carbocycles. The minimum Gasteiger partial charge on any atom is -0.495 e. The summed E-state index contributed by atoms with van der Waals surface area (Å²) >= 11 is 0. The lowest BCUT2D eigenvalue weighted by molar-refractivity contribution is -0.385. The molecule has 1 amide bonds. The number of ether oxygens (including phenoxy) is 1. The third kappa shape index (κ3) is 4.55. The molecule has 27 heavy (non-hydrogen) atoms. The Bertz CT molecular complexity index is 1050. The zero-order chi connectivity index (χ0) is 20.4. The highest BCUT2D eigenvalue weighted by Gasteiger charge is 2.21. The number of hydrogen-bond donors (Lipinski definition) is 1. The molecule has 0 bridgehead atoms. The van der Waals surface area contributed by atoms with Crippen molar-refractivity contribution in [1.29, 1.82) is 0 Å². The molecule has 12 heteroatoms. The Labute approximate surface area is 152 Å². The second-order valence-corrected chi connectivity index (χ2v) is 7.36. The van der Waals surface area contributed by atoms with Crippen molar-refractivity contribution in [2.45, 2.75) is 4.90 Å². The van der Waals surface area contributed by atoms with Crippen molar-refractivity contribution < 1.29 is 27.8 Å². The smallest absolute Gasteiger partial charge is 0.271 e. The van der Waals surface area contributed by atoms with Crippen molar-refractivity contribution in [2.24, 2.45) is 0 Å². The van der Waals surface area contributed by atoms with Crippen molar-refractivity contribution in [3.63, 3.8) is 0 Å². The van der Waals surface area contributed by atoms with Crippen molar-refractivity contribution in [3.05, 3.63) is 62.2 Å². The van der Waals surface area contributed by atoms with Gasteiger partial charge in [-0.3, -0.25) is 25.0 Å². The number of sulfone groups is 1. The Hall–Kier alpha value is -3.54. The standard InChI is InChI=1S/C15H13N3O8S/c1-26-14-4-3-10(17(20)21)8-13(14)16-15(19)9-5-11(18(22)23)7-12(6-9)27(2,24)25/h3-8H,1-2H3,(H,16,19). The van der Waals surface area contributed by atoms with Crippen molar-refractivity contribution in [2.75, 3.05) is 18.7 Å². The van der Waals surface area contributed by atoms with E-state index in [-0.39, 0.29) is 22.7 Å². The summed E-state index contributed by atoms with van der Waals surface area (Å²) < 4.78 is 28.4. The van der Waals surface area contributed by atoms with Crippen LogP contribution in [0.5, 0.6) is 5.75 Å². The summed E-state index contributed by atoms with van der Waals surface area (Å²) in [4.78, 5) is 32.5. The van der Waals surface area contributed by atoms with Gasteiger partial charge in [0, 0.05) is 36.1 Å². The molecular weight excluding hydrogens is 382 g/mol. The number of amides is 1. The molecule has 0 heterocycles. The highest BCUT2D eigenvalue weighted by molar-refractivity contribution is 7.90. The van der Waals surface area contributed by atoms with Crippen molar-refractivity contribution >= 4 is 32.8 Å². The number of rotatable bonds is 6. The first-order valence-corrected chi connectivity index (χ1v) is 9.05. The zero-order valence-electron chi connectivity index (χ0n) is 14.0. The molecule has 0 saturated heterocycles. The largest absolute Gasteiger partial charge is 0.495 e. The first-order valence-electron chi connectivity index (χ1n) is 7.16. The lowest BCUT2D eigenvalue weighted by Crippen LogP contribution is -2.14. The molecule has 0 unspecified atom stereocenters. The molecule has 11 nitrogen and oxygen atoms in total. The first kappa shape index (κ1) is 19.8. The highest BCUT2D eigenvalue weighted by Crippen LogP contribution is 2.30. The number of carbonyl (C=O) groups is 1. The van der Waals surface area contributed by atoms with Gasteiger partial charge in [0.05, 0.1) is 27.5 Å². The molecule has 0 fully saturated rings. The highest BCUT2D eigenvalue weighted by atomic mass is 32.2. The average Bonchev–Trinajstić information content (AvgIpc) is 2.60. The molecular formula is C15H13N3O8S. The quantitative estimate of drug-likeness (QED) is 0.575. The van der Waals surface area contributed by atoms with E-state index in [0.717, 1.165) is 30.5 Å². The lowest BCUT2D eigenvalue weighted by atomic mass is 10.1. The predicted octanol–water partition coefficient (Wildman–Crippen LogP) is 2.17. The van der Waals surface area contributed by atoms with E-state index in [1.165, 1.54) is 19.2 Å². The first-order chi connectivity index (χ1) is 12.5. The van der Waals surface area contributed by atoms with E-state index in [1.54, 1.807) is 0 Å². The summed E-state index contributed by atoms with van der Waals surface area (Å²) in [5.74, 6) is -0.787. The van der Waals surface area contributed by atoms with Gasteiger partial charge in [-0.15, -0.1) is 0 Å². The average molecular weight is 395 g/mol. The summed E-state index contributed by atoms with van der Waals surface area (Å²) in [6.45, 7) is 0. The van der Waals surface area contributed by atoms with Gasteiger partial charge < -0.3 is 10.1 Å².